The Labute approximate surface area is 79.2 Å². The van der Waals surface area contributed by atoms with Crippen molar-refractivity contribution >= 4 is 10.9 Å². The number of aryl methyl sites for hydroxylation is 1. The first kappa shape index (κ1) is 9.81. The van der Waals surface area contributed by atoms with Crippen LogP contribution in [0.2, 0.25) is 0 Å². The summed E-state index contributed by atoms with van der Waals surface area (Å²) in [5.41, 5.74) is 1.29. The summed E-state index contributed by atoms with van der Waals surface area (Å²) in [6.45, 7) is 0. The van der Waals surface area contributed by atoms with Gasteiger partial charge in [-0.25, -0.2) is 0 Å². The summed E-state index contributed by atoms with van der Waals surface area (Å²) in [5.74, 6) is 0. The molecule has 1 N–H and O–H groups in total. The fraction of sp³-hybridized carbons (Fsp3) is 0.273. The van der Waals surface area contributed by atoms with Gasteiger partial charge in [0.15, 0.2) is 0 Å². The van der Waals surface area contributed by atoms with Gasteiger partial charge in [-0.05, 0) is 31.6 Å². The van der Waals surface area contributed by atoms with Crippen molar-refractivity contribution in [2.75, 3.05) is 14.1 Å². The Morgan fingerprint density at radius 1 is 1.08 bits per heavy atom. The van der Waals surface area contributed by atoms with Crippen molar-refractivity contribution in [2.24, 2.45) is 7.05 Å². The summed E-state index contributed by atoms with van der Waals surface area (Å²) < 4.78 is 2.12. The Morgan fingerprint density at radius 3 is 2.31 bits per heavy atom. The lowest BCUT2D eigenvalue weighted by Gasteiger charge is -1.92. The molecule has 0 saturated carbocycles. The van der Waals surface area contributed by atoms with Gasteiger partial charge in [0.05, 0.1) is 0 Å². The summed E-state index contributed by atoms with van der Waals surface area (Å²) in [7, 11) is 5.81. The van der Waals surface area contributed by atoms with Crippen LogP contribution in [-0.4, -0.2) is 18.7 Å². The molecule has 2 nitrogen and oxygen atoms in total. The van der Waals surface area contributed by atoms with Crippen molar-refractivity contribution in [3.05, 3.63) is 36.5 Å². The number of nitrogens with one attached hydrogen (secondary N) is 1. The molecule has 1 aromatic carbocycles. The molecule has 2 rings (SSSR count). The number of para-hydroxylation sites is 1. The Hall–Kier alpha value is -1.28. The maximum Gasteiger partial charge on any atom is 0.0477 e. The normalized spacial score (nSPS) is 9.46. The lowest BCUT2D eigenvalue weighted by atomic mass is 10.2. The van der Waals surface area contributed by atoms with Crippen molar-refractivity contribution in [3.63, 3.8) is 0 Å². The van der Waals surface area contributed by atoms with Crippen LogP contribution in [0.1, 0.15) is 0 Å². The number of nitrogens with zero attached hydrogens (tertiary/aromatic N) is 1. The molecule has 0 amide bonds. The van der Waals surface area contributed by atoms with E-state index >= 15 is 0 Å². The molecule has 2 aromatic rings. The predicted molar refractivity (Wildman–Crippen MR) is 57.9 cm³/mol. The summed E-state index contributed by atoms with van der Waals surface area (Å²) in [6, 6.07) is 10.5. The minimum absolute atomic E-state index is 1.29. The van der Waals surface area contributed by atoms with Crippen LogP contribution in [-0.2, 0) is 7.05 Å². The van der Waals surface area contributed by atoms with Gasteiger partial charge in [-0.3, -0.25) is 0 Å². The molecule has 0 bridgehead atoms. The van der Waals surface area contributed by atoms with Crippen LogP contribution in [0.25, 0.3) is 10.9 Å². The molecule has 1 heterocycles. The maximum absolute atomic E-state index is 2.75. The highest BCUT2D eigenvalue weighted by molar-refractivity contribution is 5.79. The highest BCUT2D eigenvalue weighted by Gasteiger charge is 1.92. The highest BCUT2D eigenvalue weighted by Crippen LogP contribution is 2.12. The van der Waals surface area contributed by atoms with Crippen LogP contribution in [0.15, 0.2) is 36.5 Å². The standard InChI is InChI=1S/C9H9N.C2H7N/c1-10-7-6-8-4-2-3-5-9(8)10;1-3-2/h2-7H,1H3;3H,1-2H3. The van der Waals surface area contributed by atoms with Gasteiger partial charge in [-0.15, -0.1) is 0 Å². The molecule has 0 fully saturated rings. The van der Waals surface area contributed by atoms with E-state index in [0.29, 0.717) is 0 Å². The quantitative estimate of drug-likeness (QED) is 0.649. The topological polar surface area (TPSA) is 17.0 Å². The fourth-order valence-corrected chi connectivity index (χ4v) is 1.22. The minimum Gasteiger partial charge on any atom is -0.351 e. The molecule has 0 atom stereocenters. The zero-order valence-electron chi connectivity index (χ0n) is 8.41. The molecular formula is C11H16N2. The lowest BCUT2D eigenvalue weighted by molar-refractivity contribution is 0.969. The number of rotatable bonds is 0. The zero-order valence-corrected chi connectivity index (χ0v) is 8.41. The Balaban J connectivity index is 0.000000251. The third-order valence-corrected chi connectivity index (χ3v) is 1.79. The van der Waals surface area contributed by atoms with Gasteiger partial charge in [-0.1, -0.05) is 18.2 Å². The number of hydrogen-bond donors (Lipinski definition) is 1. The number of benzene rings is 1. The Morgan fingerprint density at radius 2 is 1.69 bits per heavy atom. The molecule has 70 valence electrons. The molecule has 0 radical (unpaired) electrons. The van der Waals surface area contributed by atoms with E-state index in [4.69, 9.17) is 0 Å². The number of aromatic nitrogens is 1. The van der Waals surface area contributed by atoms with Gasteiger partial charge in [0.1, 0.15) is 0 Å². The van der Waals surface area contributed by atoms with Crippen LogP contribution in [0.5, 0.6) is 0 Å². The summed E-state index contributed by atoms with van der Waals surface area (Å²) in [5, 5.41) is 4.06. The average Bonchev–Trinajstić information content (AvgIpc) is 2.50. The molecular weight excluding hydrogens is 160 g/mol. The molecule has 0 aliphatic carbocycles. The van der Waals surface area contributed by atoms with E-state index in [2.05, 4.69) is 53.5 Å². The molecule has 0 aliphatic rings. The van der Waals surface area contributed by atoms with Crippen LogP contribution < -0.4 is 5.32 Å². The van der Waals surface area contributed by atoms with Crippen LogP contribution in [0, 0.1) is 0 Å². The summed E-state index contributed by atoms with van der Waals surface area (Å²) >= 11 is 0. The van der Waals surface area contributed by atoms with E-state index in [-0.39, 0.29) is 0 Å². The third kappa shape index (κ3) is 2.33. The van der Waals surface area contributed by atoms with Crippen LogP contribution >= 0.6 is 0 Å². The second-order valence-electron chi connectivity index (χ2n) is 2.99. The predicted octanol–water partition coefficient (Wildman–Crippen LogP) is 2.01. The average molecular weight is 176 g/mol. The molecule has 0 unspecified atom stereocenters. The molecule has 0 aliphatic heterocycles. The van der Waals surface area contributed by atoms with E-state index in [9.17, 15) is 0 Å². The van der Waals surface area contributed by atoms with E-state index < -0.39 is 0 Å². The smallest absolute Gasteiger partial charge is 0.0477 e. The largest absolute Gasteiger partial charge is 0.351 e. The van der Waals surface area contributed by atoms with Gasteiger partial charge >= 0.3 is 0 Å². The SMILES string of the molecule is CNC.Cn1ccc2ccccc21. The monoisotopic (exact) mass is 176 g/mol. The number of hydrogen-bond acceptors (Lipinski definition) is 1. The van der Waals surface area contributed by atoms with Crippen LogP contribution in [0.4, 0.5) is 0 Å². The maximum atomic E-state index is 2.75. The first-order valence-electron chi connectivity index (χ1n) is 4.38. The van der Waals surface area contributed by atoms with Crippen molar-refractivity contribution < 1.29 is 0 Å². The highest BCUT2D eigenvalue weighted by atomic mass is 14.9. The van der Waals surface area contributed by atoms with E-state index in [1.54, 1.807) is 0 Å². The second-order valence-corrected chi connectivity index (χ2v) is 2.99. The molecule has 0 saturated heterocycles. The van der Waals surface area contributed by atoms with Gasteiger partial charge in [-0.2, -0.15) is 0 Å². The van der Waals surface area contributed by atoms with E-state index in [1.165, 1.54) is 10.9 Å². The van der Waals surface area contributed by atoms with E-state index in [0.717, 1.165) is 0 Å². The zero-order chi connectivity index (χ0) is 9.68. The Kier molecular flexibility index (Phi) is 3.53. The first-order valence-corrected chi connectivity index (χ1v) is 4.38. The van der Waals surface area contributed by atoms with Crippen molar-refractivity contribution in [3.8, 4) is 0 Å². The molecule has 13 heavy (non-hydrogen) atoms. The van der Waals surface area contributed by atoms with Gasteiger partial charge in [0, 0.05) is 18.8 Å². The van der Waals surface area contributed by atoms with Crippen molar-refractivity contribution in [1.82, 2.24) is 9.88 Å². The summed E-state index contributed by atoms with van der Waals surface area (Å²) in [4.78, 5) is 0. The van der Waals surface area contributed by atoms with Gasteiger partial charge in [0.25, 0.3) is 0 Å². The summed E-state index contributed by atoms with van der Waals surface area (Å²) in [6.07, 6.45) is 2.07. The van der Waals surface area contributed by atoms with Crippen LogP contribution in [0.3, 0.4) is 0 Å². The number of fused-ring (bicyclic) bond motifs is 1. The van der Waals surface area contributed by atoms with E-state index in [1.807, 2.05) is 14.1 Å². The van der Waals surface area contributed by atoms with Gasteiger partial charge < -0.3 is 9.88 Å². The van der Waals surface area contributed by atoms with Gasteiger partial charge in [0.2, 0.25) is 0 Å². The third-order valence-electron chi connectivity index (χ3n) is 1.79. The Bertz CT molecular complexity index is 363. The second kappa shape index (κ2) is 4.67. The fourth-order valence-electron chi connectivity index (χ4n) is 1.22. The molecule has 0 spiro atoms. The molecule has 1 aromatic heterocycles. The minimum atomic E-state index is 1.29. The molecule has 2 heteroatoms. The van der Waals surface area contributed by atoms with Crippen molar-refractivity contribution in [1.29, 1.82) is 0 Å². The lowest BCUT2D eigenvalue weighted by Crippen LogP contribution is -1.89. The van der Waals surface area contributed by atoms with Crippen molar-refractivity contribution in [2.45, 2.75) is 0 Å². The first-order chi connectivity index (χ1) is 6.29.